The molecule has 0 atom stereocenters. The number of rotatable bonds is 5. The molecule has 1 aliphatic rings. The normalized spacial score (nSPS) is 13.3. The molecule has 0 aliphatic heterocycles. The lowest BCUT2D eigenvalue weighted by molar-refractivity contribution is -0.116. The summed E-state index contributed by atoms with van der Waals surface area (Å²) in [7, 11) is 0. The molecular weight excluding hydrogens is 344 g/mol. The largest absolute Gasteiger partial charge is 0.349 e. The van der Waals surface area contributed by atoms with E-state index in [4.69, 9.17) is 0 Å². The van der Waals surface area contributed by atoms with Crippen LogP contribution < -0.4 is 16.2 Å². The molecule has 1 aliphatic carbocycles. The van der Waals surface area contributed by atoms with E-state index in [1.165, 1.54) is 10.8 Å². The van der Waals surface area contributed by atoms with Gasteiger partial charge in [-0.25, -0.2) is 4.98 Å². The molecule has 0 spiro atoms. The van der Waals surface area contributed by atoms with Gasteiger partial charge in [0.05, 0.1) is 17.2 Å². The van der Waals surface area contributed by atoms with Crippen LogP contribution in [0.3, 0.4) is 0 Å². The quantitative estimate of drug-likeness (QED) is 0.725. The van der Waals surface area contributed by atoms with Gasteiger partial charge in [-0.05, 0) is 43.2 Å². The van der Waals surface area contributed by atoms with Crippen LogP contribution in [0.4, 0.5) is 5.69 Å². The number of para-hydroxylation sites is 2. The second kappa shape index (κ2) is 7.03. The summed E-state index contributed by atoms with van der Waals surface area (Å²) in [5, 5.41) is 5.66. The van der Waals surface area contributed by atoms with Gasteiger partial charge in [0.25, 0.3) is 11.5 Å². The zero-order chi connectivity index (χ0) is 18.8. The molecule has 27 heavy (non-hydrogen) atoms. The number of carbonyl (C=O) groups is 2. The summed E-state index contributed by atoms with van der Waals surface area (Å²) in [6, 6.07) is 14.2. The van der Waals surface area contributed by atoms with Crippen molar-refractivity contribution in [1.82, 2.24) is 14.9 Å². The highest BCUT2D eigenvalue weighted by atomic mass is 16.2. The van der Waals surface area contributed by atoms with Crippen molar-refractivity contribution in [1.29, 1.82) is 0 Å². The highest BCUT2D eigenvalue weighted by Gasteiger charge is 2.23. The van der Waals surface area contributed by atoms with Gasteiger partial charge in [-0.1, -0.05) is 18.2 Å². The molecule has 7 nitrogen and oxygen atoms in total. The summed E-state index contributed by atoms with van der Waals surface area (Å²) in [6.45, 7) is -0.139. The molecule has 4 rings (SSSR count). The maximum Gasteiger partial charge on any atom is 0.269 e. The predicted octanol–water partition coefficient (Wildman–Crippen LogP) is 1.93. The van der Waals surface area contributed by atoms with Gasteiger partial charge >= 0.3 is 0 Å². The van der Waals surface area contributed by atoms with Crippen LogP contribution in [0.5, 0.6) is 0 Å². The fourth-order valence-corrected chi connectivity index (χ4v) is 2.86. The third kappa shape index (κ3) is 3.87. The Morgan fingerprint density at radius 3 is 2.74 bits per heavy atom. The summed E-state index contributed by atoms with van der Waals surface area (Å²) in [5.74, 6) is -0.502. The molecule has 136 valence electrons. The second-order valence-electron chi connectivity index (χ2n) is 6.55. The molecule has 7 heteroatoms. The van der Waals surface area contributed by atoms with Crippen LogP contribution >= 0.6 is 0 Å². The smallest absolute Gasteiger partial charge is 0.269 e. The van der Waals surface area contributed by atoms with E-state index in [0.29, 0.717) is 22.3 Å². The maximum atomic E-state index is 12.5. The number of carbonyl (C=O) groups excluding carboxylic acids is 2. The molecule has 3 aromatic rings. The van der Waals surface area contributed by atoms with E-state index in [2.05, 4.69) is 15.6 Å². The maximum absolute atomic E-state index is 12.5. The van der Waals surface area contributed by atoms with Crippen LogP contribution in [0, 0.1) is 0 Å². The highest BCUT2D eigenvalue weighted by Crippen LogP contribution is 2.20. The van der Waals surface area contributed by atoms with Crippen molar-refractivity contribution in [3.8, 4) is 0 Å². The van der Waals surface area contributed by atoms with E-state index in [1.807, 2.05) is 6.07 Å². The minimum Gasteiger partial charge on any atom is -0.349 e. The van der Waals surface area contributed by atoms with E-state index < -0.39 is 0 Å². The molecule has 1 fully saturated rings. The molecule has 0 bridgehead atoms. The molecule has 2 N–H and O–H groups in total. The fraction of sp³-hybridized carbons (Fsp3) is 0.200. The number of fused-ring (bicyclic) bond motifs is 1. The number of anilines is 1. The lowest BCUT2D eigenvalue weighted by atomic mass is 10.2. The first-order valence-corrected chi connectivity index (χ1v) is 8.75. The van der Waals surface area contributed by atoms with E-state index in [9.17, 15) is 14.4 Å². The minimum atomic E-state index is -0.354. The van der Waals surface area contributed by atoms with Gasteiger partial charge in [-0.2, -0.15) is 0 Å². The van der Waals surface area contributed by atoms with Crippen molar-refractivity contribution in [2.24, 2.45) is 0 Å². The first kappa shape index (κ1) is 17.0. The molecule has 0 saturated heterocycles. The second-order valence-corrected chi connectivity index (χ2v) is 6.55. The number of hydrogen-bond acceptors (Lipinski definition) is 4. The molecule has 1 heterocycles. The van der Waals surface area contributed by atoms with Gasteiger partial charge in [0.15, 0.2) is 0 Å². The van der Waals surface area contributed by atoms with Crippen molar-refractivity contribution in [3.05, 3.63) is 70.6 Å². The summed E-state index contributed by atoms with van der Waals surface area (Å²) < 4.78 is 1.38. The Bertz CT molecular complexity index is 1090. The average molecular weight is 362 g/mol. The monoisotopic (exact) mass is 362 g/mol. The Balaban J connectivity index is 1.51. The summed E-state index contributed by atoms with van der Waals surface area (Å²) in [5.41, 5.74) is 1.89. The van der Waals surface area contributed by atoms with E-state index in [1.54, 1.807) is 42.5 Å². The molecular formula is C20H18N4O3. The van der Waals surface area contributed by atoms with Crippen molar-refractivity contribution >= 4 is 28.5 Å². The van der Waals surface area contributed by atoms with Gasteiger partial charge in [-0.3, -0.25) is 19.0 Å². The van der Waals surface area contributed by atoms with Crippen LogP contribution in [0.15, 0.2) is 59.5 Å². The van der Waals surface area contributed by atoms with Crippen LogP contribution in [0.25, 0.3) is 11.0 Å². The van der Waals surface area contributed by atoms with Crippen LogP contribution in [-0.4, -0.2) is 27.4 Å². The van der Waals surface area contributed by atoms with Crippen LogP contribution in [-0.2, 0) is 11.3 Å². The molecule has 0 unspecified atom stereocenters. The van der Waals surface area contributed by atoms with Gasteiger partial charge < -0.3 is 10.6 Å². The Hall–Kier alpha value is -3.48. The highest BCUT2D eigenvalue weighted by molar-refractivity contribution is 5.97. The molecule has 1 saturated carbocycles. The lowest BCUT2D eigenvalue weighted by Crippen LogP contribution is -2.28. The number of benzene rings is 2. The van der Waals surface area contributed by atoms with Crippen molar-refractivity contribution < 1.29 is 9.59 Å². The number of aromatic nitrogens is 2. The predicted molar refractivity (Wildman–Crippen MR) is 102 cm³/mol. The molecule has 0 radical (unpaired) electrons. The van der Waals surface area contributed by atoms with Crippen LogP contribution in [0.2, 0.25) is 0 Å². The Morgan fingerprint density at radius 2 is 1.93 bits per heavy atom. The lowest BCUT2D eigenvalue weighted by Gasteiger charge is -2.11. The van der Waals surface area contributed by atoms with E-state index in [0.717, 1.165) is 12.8 Å². The Kier molecular flexibility index (Phi) is 4.42. The Labute approximate surface area is 155 Å². The number of hydrogen-bond donors (Lipinski definition) is 2. The zero-order valence-electron chi connectivity index (χ0n) is 14.5. The SMILES string of the molecule is O=C(Cn1c(=O)cnc2ccccc21)Nc1cccc(C(=O)NC2CC2)c1. The average Bonchev–Trinajstić information content (AvgIpc) is 3.48. The third-order valence-corrected chi connectivity index (χ3v) is 4.38. The Morgan fingerprint density at radius 1 is 1.11 bits per heavy atom. The fourth-order valence-electron chi connectivity index (χ4n) is 2.86. The van der Waals surface area contributed by atoms with Gasteiger partial charge in [0.1, 0.15) is 6.54 Å². The van der Waals surface area contributed by atoms with Gasteiger partial charge in [0.2, 0.25) is 5.91 Å². The van der Waals surface area contributed by atoms with E-state index >= 15 is 0 Å². The standard InChI is InChI=1S/C20H18N4O3/c25-18(12-24-17-7-2-1-6-16(17)21-11-19(24)26)22-15-5-3-4-13(10-15)20(27)23-14-8-9-14/h1-7,10-11,14H,8-9,12H2,(H,22,25)(H,23,27). The summed E-state index contributed by atoms with van der Waals surface area (Å²) >= 11 is 0. The number of nitrogens with one attached hydrogen (secondary N) is 2. The molecule has 2 amide bonds. The topological polar surface area (TPSA) is 93.1 Å². The van der Waals surface area contributed by atoms with Crippen molar-refractivity contribution in [2.45, 2.75) is 25.4 Å². The van der Waals surface area contributed by atoms with Gasteiger partial charge in [0, 0.05) is 17.3 Å². The van der Waals surface area contributed by atoms with Crippen molar-refractivity contribution in [3.63, 3.8) is 0 Å². The third-order valence-electron chi connectivity index (χ3n) is 4.38. The molecule has 2 aromatic carbocycles. The minimum absolute atomic E-state index is 0.139. The zero-order valence-corrected chi connectivity index (χ0v) is 14.5. The summed E-state index contributed by atoms with van der Waals surface area (Å²) in [6.07, 6.45) is 3.23. The van der Waals surface area contributed by atoms with Crippen molar-refractivity contribution in [2.75, 3.05) is 5.32 Å². The molecule has 1 aromatic heterocycles. The number of nitrogens with zero attached hydrogens (tertiary/aromatic N) is 2. The number of amides is 2. The first-order valence-electron chi connectivity index (χ1n) is 8.75. The first-order chi connectivity index (χ1) is 13.1. The summed E-state index contributed by atoms with van der Waals surface area (Å²) in [4.78, 5) is 40.8. The van der Waals surface area contributed by atoms with E-state index in [-0.39, 0.29) is 30.0 Å². The van der Waals surface area contributed by atoms with Gasteiger partial charge in [-0.15, -0.1) is 0 Å². The van der Waals surface area contributed by atoms with Crippen LogP contribution in [0.1, 0.15) is 23.2 Å².